The number of benzene rings is 1. The van der Waals surface area contributed by atoms with Gasteiger partial charge in [-0.2, -0.15) is 0 Å². The van der Waals surface area contributed by atoms with Crippen LogP contribution in [0.1, 0.15) is 44.1 Å². The molecule has 0 unspecified atom stereocenters. The molecule has 104 valence electrons. The van der Waals surface area contributed by atoms with Crippen molar-refractivity contribution in [3.05, 3.63) is 28.2 Å². The van der Waals surface area contributed by atoms with Gasteiger partial charge in [-0.3, -0.25) is 4.79 Å². The molecule has 1 fully saturated rings. The topological polar surface area (TPSA) is 55.1 Å². The number of nitrogens with one attached hydrogen (secondary N) is 1. The van der Waals surface area contributed by atoms with Crippen LogP contribution in [0.4, 0.5) is 5.69 Å². The summed E-state index contributed by atoms with van der Waals surface area (Å²) in [5, 5.41) is 2.97. The minimum absolute atomic E-state index is 0.0191. The smallest absolute Gasteiger partial charge is 0.226 e. The fourth-order valence-corrected chi connectivity index (χ4v) is 3.04. The van der Waals surface area contributed by atoms with Gasteiger partial charge in [-0.25, -0.2) is 0 Å². The van der Waals surface area contributed by atoms with Crippen molar-refractivity contribution in [2.75, 3.05) is 5.32 Å². The average molecular weight is 325 g/mol. The number of halogens is 1. The molecule has 2 rings (SSSR count). The molecule has 1 aliphatic carbocycles. The Balaban J connectivity index is 1.99. The van der Waals surface area contributed by atoms with Crippen LogP contribution in [0.2, 0.25) is 0 Å². The summed E-state index contributed by atoms with van der Waals surface area (Å²) in [7, 11) is 0. The van der Waals surface area contributed by atoms with Gasteiger partial charge in [0.25, 0.3) is 0 Å². The number of hydrogen-bond acceptors (Lipinski definition) is 2. The molecule has 0 spiro atoms. The third-order valence-electron chi connectivity index (χ3n) is 3.84. The summed E-state index contributed by atoms with van der Waals surface area (Å²) in [5.74, 6) is 0.0191. The highest BCUT2D eigenvalue weighted by atomic mass is 79.9. The Morgan fingerprint density at radius 1 is 1.37 bits per heavy atom. The molecule has 0 atom stereocenters. The van der Waals surface area contributed by atoms with E-state index in [1.54, 1.807) is 0 Å². The number of aryl methyl sites for hydroxylation is 1. The first kappa shape index (κ1) is 14.5. The standard InChI is InChI=1S/C15H21BrN2O/c1-11-5-6-12(16)9-13(11)18-14(19)10-15(17)7-3-2-4-8-15/h5-6,9H,2-4,7-8,10,17H2,1H3,(H,18,19). The first-order chi connectivity index (χ1) is 8.98. The molecular weight excluding hydrogens is 304 g/mol. The molecule has 1 saturated carbocycles. The summed E-state index contributed by atoms with van der Waals surface area (Å²) in [5.41, 5.74) is 7.93. The molecule has 0 heterocycles. The lowest BCUT2D eigenvalue weighted by Gasteiger charge is -2.32. The van der Waals surface area contributed by atoms with Crippen molar-refractivity contribution in [3.63, 3.8) is 0 Å². The maximum absolute atomic E-state index is 12.1. The highest BCUT2D eigenvalue weighted by Gasteiger charge is 2.30. The second kappa shape index (κ2) is 6.06. The molecule has 0 bridgehead atoms. The largest absolute Gasteiger partial charge is 0.326 e. The van der Waals surface area contributed by atoms with Gasteiger partial charge in [0, 0.05) is 22.1 Å². The second-order valence-electron chi connectivity index (χ2n) is 5.61. The van der Waals surface area contributed by atoms with E-state index < -0.39 is 0 Å². The van der Waals surface area contributed by atoms with Crippen molar-refractivity contribution in [2.45, 2.75) is 51.0 Å². The van der Waals surface area contributed by atoms with E-state index in [1.807, 2.05) is 25.1 Å². The molecule has 0 aromatic heterocycles. The number of carbonyl (C=O) groups excluding carboxylic acids is 1. The summed E-state index contributed by atoms with van der Waals surface area (Å²) in [6.07, 6.45) is 5.85. The second-order valence-corrected chi connectivity index (χ2v) is 6.52. The third-order valence-corrected chi connectivity index (χ3v) is 4.33. The Hall–Kier alpha value is -0.870. The van der Waals surface area contributed by atoms with Crippen LogP contribution in [0.25, 0.3) is 0 Å². The SMILES string of the molecule is Cc1ccc(Br)cc1NC(=O)CC1(N)CCCCC1. The molecule has 19 heavy (non-hydrogen) atoms. The monoisotopic (exact) mass is 324 g/mol. The molecule has 0 radical (unpaired) electrons. The van der Waals surface area contributed by atoms with E-state index in [2.05, 4.69) is 21.2 Å². The van der Waals surface area contributed by atoms with Gasteiger partial charge >= 0.3 is 0 Å². The lowest BCUT2D eigenvalue weighted by atomic mass is 9.80. The summed E-state index contributed by atoms with van der Waals surface area (Å²) in [6, 6.07) is 5.88. The van der Waals surface area contributed by atoms with Crippen LogP contribution in [-0.2, 0) is 4.79 Å². The van der Waals surface area contributed by atoms with Crippen LogP contribution in [-0.4, -0.2) is 11.4 Å². The van der Waals surface area contributed by atoms with E-state index in [-0.39, 0.29) is 11.4 Å². The fourth-order valence-electron chi connectivity index (χ4n) is 2.68. The Labute approximate surface area is 123 Å². The predicted molar refractivity (Wildman–Crippen MR) is 82.1 cm³/mol. The number of rotatable bonds is 3. The first-order valence-corrected chi connectivity index (χ1v) is 7.63. The number of carbonyl (C=O) groups is 1. The normalized spacial score (nSPS) is 18.1. The minimum Gasteiger partial charge on any atom is -0.326 e. The lowest BCUT2D eigenvalue weighted by Crippen LogP contribution is -2.44. The Kier molecular flexibility index (Phi) is 4.63. The van der Waals surface area contributed by atoms with Crippen molar-refractivity contribution in [3.8, 4) is 0 Å². The van der Waals surface area contributed by atoms with Gasteiger partial charge in [-0.15, -0.1) is 0 Å². The zero-order valence-corrected chi connectivity index (χ0v) is 12.9. The van der Waals surface area contributed by atoms with Crippen LogP contribution in [0, 0.1) is 6.92 Å². The van der Waals surface area contributed by atoms with Gasteiger partial charge in [0.15, 0.2) is 0 Å². The van der Waals surface area contributed by atoms with E-state index in [0.29, 0.717) is 6.42 Å². The van der Waals surface area contributed by atoms with E-state index >= 15 is 0 Å². The summed E-state index contributed by atoms with van der Waals surface area (Å²) in [6.45, 7) is 1.99. The summed E-state index contributed by atoms with van der Waals surface area (Å²) < 4.78 is 0.966. The van der Waals surface area contributed by atoms with Crippen LogP contribution in [0.5, 0.6) is 0 Å². The van der Waals surface area contributed by atoms with Crippen LogP contribution in [0.3, 0.4) is 0 Å². The summed E-state index contributed by atoms with van der Waals surface area (Å²) in [4.78, 5) is 12.1. The maximum Gasteiger partial charge on any atom is 0.226 e. The Morgan fingerprint density at radius 3 is 2.74 bits per heavy atom. The molecule has 0 aliphatic heterocycles. The van der Waals surface area contributed by atoms with Crippen molar-refractivity contribution < 1.29 is 4.79 Å². The quantitative estimate of drug-likeness (QED) is 0.889. The molecule has 1 aromatic carbocycles. The van der Waals surface area contributed by atoms with Crippen LogP contribution >= 0.6 is 15.9 Å². The third kappa shape index (κ3) is 4.05. The van der Waals surface area contributed by atoms with Gasteiger partial charge in [-0.1, -0.05) is 41.3 Å². The molecular formula is C15H21BrN2O. The number of anilines is 1. The van der Waals surface area contributed by atoms with Crippen molar-refractivity contribution in [2.24, 2.45) is 5.73 Å². The van der Waals surface area contributed by atoms with Crippen LogP contribution < -0.4 is 11.1 Å². The van der Waals surface area contributed by atoms with Gasteiger partial charge < -0.3 is 11.1 Å². The predicted octanol–water partition coefficient (Wildman–Crippen LogP) is 3.75. The molecule has 1 amide bonds. The number of amides is 1. The van der Waals surface area contributed by atoms with E-state index in [9.17, 15) is 4.79 Å². The van der Waals surface area contributed by atoms with Crippen LogP contribution in [0.15, 0.2) is 22.7 Å². The van der Waals surface area contributed by atoms with Crippen molar-refractivity contribution in [1.82, 2.24) is 0 Å². The highest BCUT2D eigenvalue weighted by molar-refractivity contribution is 9.10. The van der Waals surface area contributed by atoms with Crippen molar-refractivity contribution >= 4 is 27.5 Å². The fraction of sp³-hybridized carbons (Fsp3) is 0.533. The van der Waals surface area contributed by atoms with E-state index in [0.717, 1.165) is 41.4 Å². The number of hydrogen-bond donors (Lipinski definition) is 2. The number of nitrogens with two attached hydrogens (primary N) is 1. The average Bonchev–Trinajstić information content (AvgIpc) is 2.34. The van der Waals surface area contributed by atoms with Gasteiger partial charge in [0.1, 0.15) is 0 Å². The van der Waals surface area contributed by atoms with Crippen molar-refractivity contribution in [1.29, 1.82) is 0 Å². The van der Waals surface area contributed by atoms with Gasteiger partial charge in [0.2, 0.25) is 5.91 Å². The van der Waals surface area contributed by atoms with Gasteiger partial charge in [0.05, 0.1) is 0 Å². The zero-order valence-electron chi connectivity index (χ0n) is 11.3. The Morgan fingerprint density at radius 2 is 2.05 bits per heavy atom. The van der Waals surface area contributed by atoms with Gasteiger partial charge in [-0.05, 0) is 37.5 Å². The van der Waals surface area contributed by atoms with E-state index in [1.165, 1.54) is 6.42 Å². The summed E-state index contributed by atoms with van der Waals surface area (Å²) >= 11 is 3.42. The molecule has 1 aliphatic rings. The highest BCUT2D eigenvalue weighted by Crippen LogP contribution is 2.29. The maximum atomic E-state index is 12.1. The molecule has 0 saturated heterocycles. The Bertz CT molecular complexity index is 467. The lowest BCUT2D eigenvalue weighted by molar-refractivity contribution is -0.117. The molecule has 3 nitrogen and oxygen atoms in total. The molecule has 3 N–H and O–H groups in total. The first-order valence-electron chi connectivity index (χ1n) is 6.83. The van der Waals surface area contributed by atoms with E-state index in [4.69, 9.17) is 5.73 Å². The zero-order chi connectivity index (χ0) is 13.9. The molecule has 1 aromatic rings. The minimum atomic E-state index is -0.303. The molecule has 4 heteroatoms.